The summed E-state index contributed by atoms with van der Waals surface area (Å²) in [4.78, 5) is 10.8. The average molecular weight is 338 g/mol. The predicted octanol–water partition coefficient (Wildman–Crippen LogP) is 3.94. The molecule has 0 aliphatic heterocycles. The number of hydrogen-bond donors (Lipinski definition) is 1. The van der Waals surface area contributed by atoms with Crippen molar-refractivity contribution < 1.29 is 18.7 Å². The summed E-state index contributed by atoms with van der Waals surface area (Å²) < 4.78 is 28.2. The van der Waals surface area contributed by atoms with Crippen LogP contribution in [0.15, 0.2) is 48.5 Å². The van der Waals surface area contributed by atoms with E-state index < -0.39 is 17.6 Å². The summed E-state index contributed by atoms with van der Waals surface area (Å²) >= 11 is 0. The number of nitriles is 1. The zero-order valence-corrected chi connectivity index (χ0v) is 12.9. The first-order valence-electron chi connectivity index (χ1n) is 7.37. The third kappa shape index (κ3) is 3.12. The van der Waals surface area contributed by atoms with Crippen LogP contribution in [0, 0.1) is 23.0 Å². The van der Waals surface area contributed by atoms with Crippen LogP contribution in [0.25, 0.3) is 17.0 Å². The quantitative estimate of drug-likeness (QED) is 0.733. The molecule has 6 heteroatoms. The Bertz CT molecular complexity index is 1050. The molecule has 0 spiro atoms. The Hall–Kier alpha value is -3.46. The molecule has 0 atom stereocenters. The summed E-state index contributed by atoms with van der Waals surface area (Å²) in [6, 6.07) is 12.8. The van der Waals surface area contributed by atoms with Gasteiger partial charge in [-0.15, -0.1) is 0 Å². The number of carbonyl (C=O) groups is 1. The van der Waals surface area contributed by atoms with E-state index in [4.69, 9.17) is 5.11 Å². The van der Waals surface area contributed by atoms with Crippen LogP contribution in [0.2, 0.25) is 0 Å². The lowest BCUT2D eigenvalue weighted by Gasteiger charge is -2.08. The van der Waals surface area contributed by atoms with Gasteiger partial charge in [-0.3, -0.25) is 0 Å². The number of para-hydroxylation sites is 1. The van der Waals surface area contributed by atoms with E-state index in [1.54, 1.807) is 28.8 Å². The molecule has 3 aromatic rings. The van der Waals surface area contributed by atoms with Crippen molar-refractivity contribution in [2.75, 3.05) is 0 Å². The van der Waals surface area contributed by atoms with Gasteiger partial charge >= 0.3 is 5.97 Å². The molecule has 0 radical (unpaired) electrons. The maximum Gasteiger partial charge on any atom is 0.328 e. The van der Waals surface area contributed by atoms with Gasteiger partial charge in [0.25, 0.3) is 0 Å². The molecule has 0 saturated carbocycles. The van der Waals surface area contributed by atoms with Gasteiger partial charge in [-0.1, -0.05) is 24.3 Å². The van der Waals surface area contributed by atoms with E-state index in [2.05, 4.69) is 6.07 Å². The SMILES string of the molecule is N#Cc1c(C=CC(=O)O)c2ccccc2n1Cc1ccc(F)c(F)c1. The molecule has 0 bridgehead atoms. The van der Waals surface area contributed by atoms with Crippen LogP contribution in [-0.2, 0) is 11.3 Å². The molecule has 0 aliphatic rings. The van der Waals surface area contributed by atoms with Gasteiger partial charge in [0.15, 0.2) is 11.6 Å². The molecule has 2 aromatic carbocycles. The Morgan fingerprint density at radius 3 is 2.64 bits per heavy atom. The summed E-state index contributed by atoms with van der Waals surface area (Å²) in [5, 5.41) is 19.1. The van der Waals surface area contributed by atoms with E-state index >= 15 is 0 Å². The minimum absolute atomic E-state index is 0.154. The van der Waals surface area contributed by atoms with Gasteiger partial charge < -0.3 is 9.67 Å². The van der Waals surface area contributed by atoms with Crippen LogP contribution in [0.4, 0.5) is 8.78 Å². The molecule has 25 heavy (non-hydrogen) atoms. The molecule has 0 aliphatic carbocycles. The van der Waals surface area contributed by atoms with Crippen LogP contribution in [0.3, 0.4) is 0 Å². The van der Waals surface area contributed by atoms with Gasteiger partial charge in [-0.2, -0.15) is 5.26 Å². The number of rotatable bonds is 4. The molecule has 0 fully saturated rings. The topological polar surface area (TPSA) is 66.0 Å². The van der Waals surface area contributed by atoms with Crippen molar-refractivity contribution in [3.05, 3.63) is 77.0 Å². The number of carboxylic acid groups (broad SMARTS) is 1. The third-order valence-electron chi connectivity index (χ3n) is 3.83. The van der Waals surface area contributed by atoms with E-state index in [-0.39, 0.29) is 12.2 Å². The summed E-state index contributed by atoms with van der Waals surface area (Å²) in [5.41, 5.74) is 1.92. The molecule has 4 nitrogen and oxygen atoms in total. The Labute approximate surface area is 141 Å². The van der Waals surface area contributed by atoms with Crippen molar-refractivity contribution in [1.82, 2.24) is 4.57 Å². The van der Waals surface area contributed by atoms with Crippen LogP contribution >= 0.6 is 0 Å². The minimum atomic E-state index is -1.12. The fourth-order valence-electron chi connectivity index (χ4n) is 2.76. The average Bonchev–Trinajstić information content (AvgIpc) is 2.89. The Kier molecular flexibility index (Phi) is 4.31. The van der Waals surface area contributed by atoms with Crippen LogP contribution < -0.4 is 0 Å². The van der Waals surface area contributed by atoms with Crippen molar-refractivity contribution in [3.63, 3.8) is 0 Å². The second-order valence-corrected chi connectivity index (χ2v) is 5.40. The summed E-state index contributed by atoms with van der Waals surface area (Å²) in [6.07, 6.45) is 2.33. The molecule has 0 unspecified atom stereocenters. The second-order valence-electron chi connectivity index (χ2n) is 5.40. The number of fused-ring (bicyclic) bond motifs is 1. The highest BCUT2D eigenvalue weighted by molar-refractivity contribution is 5.96. The summed E-state index contributed by atoms with van der Waals surface area (Å²) in [7, 11) is 0. The number of nitrogens with zero attached hydrogens (tertiary/aromatic N) is 2. The number of benzene rings is 2. The zero-order valence-electron chi connectivity index (χ0n) is 12.9. The normalized spacial score (nSPS) is 11.1. The minimum Gasteiger partial charge on any atom is -0.478 e. The molecule has 1 N–H and O–H groups in total. The summed E-state index contributed by atoms with van der Waals surface area (Å²) in [6.45, 7) is 0.154. The standard InChI is InChI=1S/C19H12F2N2O2/c20-15-7-5-12(9-16(15)21)11-23-17-4-2-1-3-13(17)14(18(23)10-22)6-8-19(24)25/h1-9H,11H2,(H,24,25). The smallest absolute Gasteiger partial charge is 0.328 e. The van der Waals surface area contributed by atoms with Gasteiger partial charge in [0, 0.05) is 29.1 Å². The largest absolute Gasteiger partial charge is 0.478 e. The Morgan fingerprint density at radius 2 is 1.96 bits per heavy atom. The Morgan fingerprint density at radius 1 is 1.20 bits per heavy atom. The van der Waals surface area contributed by atoms with Gasteiger partial charge in [0.05, 0.1) is 0 Å². The lowest BCUT2D eigenvalue weighted by atomic mass is 10.1. The van der Waals surface area contributed by atoms with Crippen molar-refractivity contribution in [1.29, 1.82) is 5.26 Å². The highest BCUT2D eigenvalue weighted by Crippen LogP contribution is 2.28. The van der Waals surface area contributed by atoms with Gasteiger partial charge in [0.2, 0.25) is 0 Å². The highest BCUT2D eigenvalue weighted by Gasteiger charge is 2.16. The number of aliphatic carboxylic acids is 1. The van der Waals surface area contributed by atoms with Crippen LogP contribution in [0.1, 0.15) is 16.8 Å². The molecule has 3 rings (SSSR count). The molecule has 1 aromatic heterocycles. The first kappa shape index (κ1) is 16.4. The van der Waals surface area contributed by atoms with E-state index in [0.29, 0.717) is 22.0 Å². The van der Waals surface area contributed by atoms with Gasteiger partial charge in [-0.25, -0.2) is 13.6 Å². The van der Waals surface area contributed by atoms with Crippen LogP contribution in [0.5, 0.6) is 0 Å². The van der Waals surface area contributed by atoms with E-state index in [0.717, 1.165) is 18.2 Å². The van der Waals surface area contributed by atoms with Crippen molar-refractivity contribution in [2.45, 2.75) is 6.54 Å². The molecule has 0 saturated heterocycles. The molecular formula is C19H12F2N2O2. The lowest BCUT2D eigenvalue weighted by Crippen LogP contribution is -2.03. The Balaban J connectivity index is 2.18. The maximum atomic E-state index is 13.5. The maximum absolute atomic E-state index is 13.5. The van der Waals surface area contributed by atoms with E-state index in [1.807, 2.05) is 0 Å². The molecular weight excluding hydrogens is 326 g/mol. The number of hydrogen-bond acceptors (Lipinski definition) is 2. The predicted molar refractivity (Wildman–Crippen MR) is 88.8 cm³/mol. The van der Waals surface area contributed by atoms with E-state index in [1.165, 1.54) is 12.1 Å². The van der Waals surface area contributed by atoms with Crippen LogP contribution in [-0.4, -0.2) is 15.6 Å². The van der Waals surface area contributed by atoms with Gasteiger partial charge in [0.1, 0.15) is 11.8 Å². The molecule has 124 valence electrons. The van der Waals surface area contributed by atoms with Crippen molar-refractivity contribution >= 4 is 22.9 Å². The molecule has 0 amide bonds. The zero-order chi connectivity index (χ0) is 18.0. The second kappa shape index (κ2) is 6.57. The first-order valence-corrected chi connectivity index (χ1v) is 7.37. The number of halogens is 2. The lowest BCUT2D eigenvalue weighted by molar-refractivity contribution is -0.131. The fraction of sp³-hybridized carbons (Fsp3) is 0.0526. The first-order chi connectivity index (χ1) is 12.0. The molecule has 1 heterocycles. The van der Waals surface area contributed by atoms with E-state index in [9.17, 15) is 18.8 Å². The number of carboxylic acids is 1. The fourth-order valence-corrected chi connectivity index (χ4v) is 2.76. The van der Waals surface area contributed by atoms with Gasteiger partial charge in [-0.05, 0) is 29.8 Å². The highest BCUT2D eigenvalue weighted by atomic mass is 19.2. The van der Waals surface area contributed by atoms with Crippen molar-refractivity contribution in [3.8, 4) is 6.07 Å². The summed E-state index contributed by atoms with van der Waals surface area (Å²) in [5.74, 6) is -3.02. The monoisotopic (exact) mass is 338 g/mol. The third-order valence-corrected chi connectivity index (χ3v) is 3.83. The number of aromatic nitrogens is 1. The van der Waals surface area contributed by atoms with Crippen molar-refractivity contribution in [2.24, 2.45) is 0 Å².